The topological polar surface area (TPSA) is 83.7 Å². The maximum Gasteiger partial charge on any atom is 0.303 e. The van der Waals surface area contributed by atoms with Crippen molar-refractivity contribution >= 4 is 34.2 Å². The molecular weight excluding hydrogens is 447 g/mol. The molecule has 1 aliphatic heterocycles. The fraction of sp³-hybridized carbons (Fsp3) is 0.296. The van der Waals surface area contributed by atoms with E-state index in [0.29, 0.717) is 22.2 Å². The fourth-order valence-electron chi connectivity index (χ4n) is 4.43. The summed E-state index contributed by atoms with van der Waals surface area (Å²) in [5.41, 5.74) is 1.88. The number of Topliss-reactive ketones (excluding diaryl/α,β-unsaturated/α-hetero) is 1. The van der Waals surface area contributed by atoms with Crippen molar-refractivity contribution in [1.29, 1.82) is 0 Å². The molecule has 1 N–H and O–H groups in total. The average molecular weight is 473 g/mol. The number of likely N-dealkylation sites (tertiary alicyclic amines) is 1. The van der Waals surface area contributed by atoms with E-state index >= 15 is 0 Å². The lowest BCUT2D eigenvalue weighted by Crippen LogP contribution is -2.35. The third kappa shape index (κ3) is 5.35. The lowest BCUT2D eigenvalue weighted by molar-refractivity contribution is -0.131. The van der Waals surface area contributed by atoms with E-state index < -0.39 is 17.7 Å². The number of amides is 2. The molecule has 7 nitrogen and oxygen atoms in total. The fourth-order valence-corrected chi connectivity index (χ4v) is 4.43. The Hall–Kier alpha value is -4.12. The first-order chi connectivity index (χ1) is 16.7. The Kier molecular flexibility index (Phi) is 6.61. The van der Waals surface area contributed by atoms with Crippen LogP contribution in [0, 0.1) is 6.57 Å². The smallest absolute Gasteiger partial charge is 0.303 e. The van der Waals surface area contributed by atoms with Crippen molar-refractivity contribution in [3.05, 3.63) is 71.7 Å². The van der Waals surface area contributed by atoms with Gasteiger partial charge >= 0.3 is 6.17 Å². The van der Waals surface area contributed by atoms with Gasteiger partial charge in [0.2, 0.25) is 11.8 Å². The van der Waals surface area contributed by atoms with Crippen LogP contribution < -0.4 is 5.32 Å². The molecule has 0 saturated carbocycles. The number of anilines is 1. The van der Waals surface area contributed by atoms with Crippen LogP contribution in [0.4, 0.5) is 10.1 Å². The molecule has 1 saturated heterocycles. The van der Waals surface area contributed by atoms with Crippen LogP contribution in [0.1, 0.15) is 43.5 Å². The highest BCUT2D eigenvalue weighted by Gasteiger charge is 2.47. The summed E-state index contributed by atoms with van der Waals surface area (Å²) >= 11 is 0. The molecule has 8 heteroatoms. The first-order valence-electron chi connectivity index (χ1n) is 11.3. The number of benzene rings is 2. The number of ketones is 1. The van der Waals surface area contributed by atoms with E-state index in [-0.39, 0.29) is 37.5 Å². The van der Waals surface area contributed by atoms with Crippen molar-refractivity contribution in [2.45, 2.75) is 44.9 Å². The minimum atomic E-state index is -1.59. The second-order valence-corrected chi connectivity index (χ2v) is 9.02. The number of nitrogens with one attached hydrogen (secondary N) is 1. The largest absolute Gasteiger partial charge is 0.326 e. The van der Waals surface area contributed by atoms with E-state index in [9.17, 15) is 18.8 Å². The Morgan fingerprint density at radius 3 is 2.69 bits per heavy atom. The van der Waals surface area contributed by atoms with Gasteiger partial charge in [-0.05, 0) is 48.4 Å². The number of aromatic nitrogens is 1. The maximum atomic E-state index is 14.3. The third-order valence-corrected chi connectivity index (χ3v) is 6.06. The van der Waals surface area contributed by atoms with Crippen molar-refractivity contribution < 1.29 is 18.8 Å². The minimum Gasteiger partial charge on any atom is -0.326 e. The highest BCUT2D eigenvalue weighted by atomic mass is 19.1. The highest BCUT2D eigenvalue weighted by Crippen LogP contribution is 2.32. The van der Waals surface area contributed by atoms with Gasteiger partial charge in [-0.3, -0.25) is 29.1 Å². The van der Waals surface area contributed by atoms with E-state index in [1.165, 1.54) is 18.7 Å². The third-order valence-electron chi connectivity index (χ3n) is 6.06. The predicted molar refractivity (Wildman–Crippen MR) is 131 cm³/mol. The van der Waals surface area contributed by atoms with Gasteiger partial charge in [0.05, 0.1) is 18.5 Å². The second kappa shape index (κ2) is 9.63. The van der Waals surface area contributed by atoms with Crippen LogP contribution >= 0.6 is 0 Å². The van der Waals surface area contributed by atoms with Gasteiger partial charge in [0.25, 0.3) is 0 Å². The van der Waals surface area contributed by atoms with Crippen molar-refractivity contribution in [3.8, 4) is 11.1 Å². The van der Waals surface area contributed by atoms with Gasteiger partial charge in [0.1, 0.15) is 5.67 Å². The number of carbonyl (C=O) groups excluding carboxylic acids is 3. The summed E-state index contributed by atoms with van der Waals surface area (Å²) < 4.78 is 14.3. The van der Waals surface area contributed by atoms with E-state index in [1.54, 1.807) is 18.3 Å². The number of alkyl halides is 1. The summed E-state index contributed by atoms with van der Waals surface area (Å²) in [7, 11) is 0. The van der Waals surface area contributed by atoms with Crippen molar-refractivity contribution in [2.24, 2.45) is 0 Å². The molecule has 1 aromatic heterocycles. The number of hydrogen-bond donors (Lipinski definition) is 1. The summed E-state index contributed by atoms with van der Waals surface area (Å²) in [5.74, 6) is -0.786. The monoisotopic (exact) mass is 472 g/mol. The number of carbonyl (C=O) groups is 3. The van der Waals surface area contributed by atoms with Crippen molar-refractivity contribution in [1.82, 2.24) is 9.88 Å². The molecule has 4 rings (SSSR count). The average Bonchev–Trinajstić information content (AvgIpc) is 3.16. The van der Waals surface area contributed by atoms with Gasteiger partial charge in [-0.15, -0.1) is 0 Å². The number of nitrogens with zero attached hydrogens (tertiary/aromatic N) is 3. The predicted octanol–water partition coefficient (Wildman–Crippen LogP) is 5.03. The number of rotatable bonds is 6. The van der Waals surface area contributed by atoms with Gasteiger partial charge < -0.3 is 5.32 Å². The van der Waals surface area contributed by atoms with Gasteiger partial charge in [-0.1, -0.05) is 18.2 Å². The van der Waals surface area contributed by atoms with Crippen LogP contribution in [0.15, 0.2) is 54.7 Å². The van der Waals surface area contributed by atoms with Gasteiger partial charge in [-0.25, -0.2) is 11.0 Å². The summed E-state index contributed by atoms with van der Waals surface area (Å²) in [6, 6.07) is 14.6. The zero-order valence-corrected chi connectivity index (χ0v) is 19.5. The Balaban J connectivity index is 1.56. The van der Waals surface area contributed by atoms with Crippen LogP contribution in [0.5, 0.6) is 0 Å². The molecule has 1 aliphatic rings. The molecule has 2 atom stereocenters. The molecule has 0 spiro atoms. The molecule has 0 radical (unpaired) electrons. The standard InChI is InChI=1S/C27H25FN4O3/c1-17(33)31-20-6-4-5-18(13-20)19-7-8-23-22(14-19)21(11-12-30-23)24(34)9-10-26(35)32-16-27(2,28)15-25(32)29-3/h4-8,11-14,25H,9-10,15-16H2,1-2H3,(H,31,33)/t25-,27?/m0/s1. The summed E-state index contributed by atoms with van der Waals surface area (Å²) in [6.07, 6.45) is 0.563. The number of fused-ring (bicyclic) bond motifs is 1. The van der Waals surface area contributed by atoms with Crippen LogP contribution in [0.3, 0.4) is 0 Å². The zero-order chi connectivity index (χ0) is 25.2. The molecule has 2 amide bonds. The molecule has 0 bridgehead atoms. The molecule has 3 aromatic rings. The molecule has 1 fully saturated rings. The number of pyridine rings is 1. The van der Waals surface area contributed by atoms with E-state index in [4.69, 9.17) is 6.57 Å². The molecule has 0 aliphatic carbocycles. The van der Waals surface area contributed by atoms with Crippen LogP contribution in [0.2, 0.25) is 0 Å². The van der Waals surface area contributed by atoms with Crippen LogP contribution in [-0.2, 0) is 9.59 Å². The van der Waals surface area contributed by atoms with Crippen LogP contribution in [-0.4, -0.2) is 45.9 Å². The van der Waals surface area contributed by atoms with Gasteiger partial charge in [0.15, 0.2) is 5.78 Å². The van der Waals surface area contributed by atoms with Gasteiger partial charge in [-0.2, -0.15) is 0 Å². The number of hydrogen-bond acceptors (Lipinski definition) is 4. The Labute approximate surface area is 202 Å². The lowest BCUT2D eigenvalue weighted by atomic mass is 9.97. The molecule has 2 aromatic carbocycles. The second-order valence-electron chi connectivity index (χ2n) is 9.02. The van der Waals surface area contributed by atoms with Crippen molar-refractivity contribution in [2.75, 3.05) is 11.9 Å². The van der Waals surface area contributed by atoms with E-state index in [0.717, 1.165) is 11.1 Å². The van der Waals surface area contributed by atoms with E-state index in [2.05, 4.69) is 15.1 Å². The molecule has 178 valence electrons. The molecule has 35 heavy (non-hydrogen) atoms. The molecule has 1 unspecified atom stereocenters. The summed E-state index contributed by atoms with van der Waals surface area (Å²) in [6.45, 7) is 9.94. The minimum absolute atomic E-state index is 0.0168. The first-order valence-corrected chi connectivity index (χ1v) is 11.3. The SMILES string of the molecule is [C-]#[N+][C@@H]1CC(C)(F)CN1C(=O)CCC(=O)c1ccnc2ccc(-c3cccc(NC(C)=O)c3)cc12. The normalized spacial score (nSPS) is 19.4. The van der Waals surface area contributed by atoms with E-state index in [1.807, 2.05) is 36.4 Å². The molecule has 2 heterocycles. The maximum absolute atomic E-state index is 14.3. The summed E-state index contributed by atoms with van der Waals surface area (Å²) in [5, 5.41) is 3.42. The first kappa shape index (κ1) is 24.0. The lowest BCUT2D eigenvalue weighted by Gasteiger charge is -2.17. The number of halogens is 1. The zero-order valence-electron chi connectivity index (χ0n) is 19.5. The Morgan fingerprint density at radius 1 is 1.17 bits per heavy atom. The van der Waals surface area contributed by atoms with Gasteiger partial charge in [0, 0.05) is 42.6 Å². The highest BCUT2D eigenvalue weighted by molar-refractivity contribution is 6.08. The Bertz CT molecular complexity index is 1360. The Morgan fingerprint density at radius 2 is 1.94 bits per heavy atom. The summed E-state index contributed by atoms with van der Waals surface area (Å²) in [4.78, 5) is 46.1. The van der Waals surface area contributed by atoms with Crippen LogP contribution in [0.25, 0.3) is 26.9 Å². The van der Waals surface area contributed by atoms with Crippen molar-refractivity contribution in [3.63, 3.8) is 0 Å². The molecular formula is C27H25FN4O3. The quantitative estimate of drug-likeness (QED) is 0.403.